The Hall–Kier alpha value is -1.88. The molecule has 0 saturated carbocycles. The molecular formula is C10H7ClN2O3. The normalized spacial score (nSPS) is 10.1. The molecule has 0 aliphatic heterocycles. The Balaban J connectivity index is 2.17. The van der Waals surface area contributed by atoms with Gasteiger partial charge in [-0.05, 0) is 12.1 Å². The van der Waals surface area contributed by atoms with E-state index >= 15 is 0 Å². The molecule has 82 valence electrons. The van der Waals surface area contributed by atoms with Crippen molar-refractivity contribution in [3.63, 3.8) is 0 Å². The smallest absolute Gasteiger partial charge is 0.213 e. The van der Waals surface area contributed by atoms with Gasteiger partial charge in [-0.2, -0.15) is 4.98 Å². The summed E-state index contributed by atoms with van der Waals surface area (Å²) in [7, 11) is 0. The average molecular weight is 239 g/mol. The average Bonchev–Trinajstić information content (AvgIpc) is 2.80. The number of benzene rings is 1. The Morgan fingerprint density at radius 1 is 1.50 bits per heavy atom. The zero-order valence-electron chi connectivity index (χ0n) is 8.09. The monoisotopic (exact) mass is 238 g/mol. The summed E-state index contributed by atoms with van der Waals surface area (Å²) in [5.41, 5.74) is 0.385. The number of rotatable bonds is 4. The highest BCUT2D eigenvalue weighted by molar-refractivity contribution is 6.32. The number of para-hydroxylation sites is 1. The van der Waals surface area contributed by atoms with Gasteiger partial charge < -0.3 is 9.26 Å². The van der Waals surface area contributed by atoms with Gasteiger partial charge in [0, 0.05) is 0 Å². The lowest BCUT2D eigenvalue weighted by atomic mass is 10.2. The lowest BCUT2D eigenvalue weighted by Gasteiger charge is -2.07. The Morgan fingerprint density at radius 3 is 3.06 bits per heavy atom. The lowest BCUT2D eigenvalue weighted by molar-refractivity contribution is 0.111. The van der Waals surface area contributed by atoms with E-state index in [-0.39, 0.29) is 6.61 Å². The predicted molar refractivity (Wildman–Crippen MR) is 55.5 cm³/mol. The quantitative estimate of drug-likeness (QED) is 0.764. The Bertz CT molecular complexity index is 485. The number of aldehydes is 1. The number of nitrogens with zero attached hydrogens (tertiary/aromatic N) is 2. The molecule has 0 bridgehead atoms. The molecule has 2 aromatic rings. The standard InChI is InChI=1S/C10H7ClN2O3/c11-8-3-1-2-7(4-14)10(8)15-5-9-12-6-16-13-9/h1-4,6H,5H2. The van der Waals surface area contributed by atoms with Crippen LogP contribution in [-0.4, -0.2) is 16.4 Å². The fraction of sp³-hybridized carbons (Fsp3) is 0.100. The summed E-state index contributed by atoms with van der Waals surface area (Å²) in [4.78, 5) is 14.5. The van der Waals surface area contributed by atoms with Crippen LogP contribution in [0.15, 0.2) is 29.1 Å². The van der Waals surface area contributed by atoms with Gasteiger partial charge in [-0.3, -0.25) is 4.79 Å². The predicted octanol–water partition coefficient (Wildman–Crippen LogP) is 2.11. The fourth-order valence-corrected chi connectivity index (χ4v) is 1.40. The van der Waals surface area contributed by atoms with Gasteiger partial charge in [0.25, 0.3) is 0 Å². The molecular weight excluding hydrogens is 232 g/mol. The molecule has 0 aliphatic carbocycles. The van der Waals surface area contributed by atoms with Crippen LogP contribution in [0.1, 0.15) is 16.2 Å². The van der Waals surface area contributed by atoms with E-state index in [1.807, 2.05) is 0 Å². The van der Waals surface area contributed by atoms with Crippen molar-refractivity contribution < 1.29 is 14.1 Å². The van der Waals surface area contributed by atoms with Crippen molar-refractivity contribution >= 4 is 17.9 Å². The van der Waals surface area contributed by atoms with Gasteiger partial charge in [-0.1, -0.05) is 22.8 Å². The second kappa shape index (κ2) is 4.76. The van der Waals surface area contributed by atoms with E-state index in [1.54, 1.807) is 18.2 Å². The van der Waals surface area contributed by atoms with Gasteiger partial charge in [0.15, 0.2) is 12.9 Å². The first-order chi connectivity index (χ1) is 7.81. The van der Waals surface area contributed by atoms with Crippen LogP contribution in [-0.2, 0) is 6.61 Å². The number of hydrogen-bond donors (Lipinski definition) is 0. The molecule has 0 N–H and O–H groups in total. The molecule has 0 fully saturated rings. The molecule has 1 heterocycles. The molecule has 2 rings (SSSR count). The van der Waals surface area contributed by atoms with Gasteiger partial charge >= 0.3 is 0 Å². The molecule has 6 heteroatoms. The lowest BCUT2D eigenvalue weighted by Crippen LogP contribution is -2.00. The second-order valence-electron chi connectivity index (χ2n) is 2.91. The third kappa shape index (κ3) is 2.20. The molecule has 0 radical (unpaired) electrons. The summed E-state index contributed by atoms with van der Waals surface area (Å²) in [6.07, 6.45) is 1.88. The molecule has 0 saturated heterocycles. The summed E-state index contributed by atoms with van der Waals surface area (Å²) in [5, 5.41) is 3.94. The van der Waals surface area contributed by atoms with Crippen molar-refractivity contribution in [2.24, 2.45) is 0 Å². The van der Waals surface area contributed by atoms with Crippen molar-refractivity contribution in [3.8, 4) is 5.75 Å². The number of hydrogen-bond acceptors (Lipinski definition) is 5. The highest BCUT2D eigenvalue weighted by Gasteiger charge is 2.09. The molecule has 0 unspecified atom stereocenters. The minimum Gasteiger partial charge on any atom is -0.483 e. The molecule has 0 spiro atoms. The number of carbonyl (C=O) groups is 1. The summed E-state index contributed by atoms with van der Waals surface area (Å²) in [6.45, 7) is 0.0983. The SMILES string of the molecule is O=Cc1cccc(Cl)c1OCc1ncon1. The number of halogens is 1. The Morgan fingerprint density at radius 2 is 2.38 bits per heavy atom. The van der Waals surface area contributed by atoms with Crippen LogP contribution < -0.4 is 4.74 Å². The van der Waals surface area contributed by atoms with Crippen molar-refractivity contribution in [3.05, 3.63) is 41.0 Å². The molecule has 1 aromatic carbocycles. The van der Waals surface area contributed by atoms with E-state index in [0.717, 1.165) is 0 Å². The zero-order chi connectivity index (χ0) is 11.4. The van der Waals surface area contributed by atoms with Crippen molar-refractivity contribution in [1.82, 2.24) is 10.1 Å². The topological polar surface area (TPSA) is 65.2 Å². The highest BCUT2D eigenvalue weighted by Crippen LogP contribution is 2.27. The molecule has 1 aromatic heterocycles. The van der Waals surface area contributed by atoms with Crippen LogP contribution in [0, 0.1) is 0 Å². The number of carbonyl (C=O) groups excluding carboxylic acids is 1. The summed E-state index contributed by atoms with van der Waals surface area (Å²) >= 11 is 5.90. The van der Waals surface area contributed by atoms with Gasteiger partial charge in [0.1, 0.15) is 5.75 Å². The molecule has 0 aliphatic rings. The van der Waals surface area contributed by atoms with Crippen molar-refractivity contribution in [1.29, 1.82) is 0 Å². The molecule has 0 atom stereocenters. The third-order valence-electron chi connectivity index (χ3n) is 1.88. The fourth-order valence-electron chi connectivity index (χ4n) is 1.16. The van der Waals surface area contributed by atoms with Crippen molar-refractivity contribution in [2.45, 2.75) is 6.61 Å². The Kier molecular flexibility index (Phi) is 3.16. The maximum Gasteiger partial charge on any atom is 0.213 e. The largest absolute Gasteiger partial charge is 0.483 e. The van der Waals surface area contributed by atoms with Crippen LogP contribution in [0.3, 0.4) is 0 Å². The van der Waals surface area contributed by atoms with E-state index in [9.17, 15) is 4.79 Å². The number of ether oxygens (including phenoxy) is 1. The summed E-state index contributed by atoms with van der Waals surface area (Å²) in [6, 6.07) is 4.93. The molecule has 5 nitrogen and oxygen atoms in total. The maximum absolute atomic E-state index is 10.8. The van der Waals surface area contributed by atoms with Crippen LogP contribution in [0.2, 0.25) is 5.02 Å². The van der Waals surface area contributed by atoms with E-state index < -0.39 is 0 Å². The maximum atomic E-state index is 10.8. The van der Waals surface area contributed by atoms with Crippen LogP contribution in [0.25, 0.3) is 0 Å². The first kappa shape index (κ1) is 10.6. The van der Waals surface area contributed by atoms with Gasteiger partial charge in [0.2, 0.25) is 12.2 Å². The van der Waals surface area contributed by atoms with Gasteiger partial charge in [-0.15, -0.1) is 0 Å². The minimum atomic E-state index is 0.0983. The Labute approximate surface area is 96.0 Å². The van der Waals surface area contributed by atoms with Gasteiger partial charge in [0.05, 0.1) is 10.6 Å². The van der Waals surface area contributed by atoms with E-state index in [2.05, 4.69) is 14.7 Å². The van der Waals surface area contributed by atoms with Crippen LogP contribution in [0.4, 0.5) is 0 Å². The van der Waals surface area contributed by atoms with E-state index in [1.165, 1.54) is 6.39 Å². The highest BCUT2D eigenvalue weighted by atomic mass is 35.5. The van der Waals surface area contributed by atoms with Gasteiger partial charge in [-0.25, -0.2) is 0 Å². The third-order valence-corrected chi connectivity index (χ3v) is 2.17. The summed E-state index contributed by atoms with van der Waals surface area (Å²) < 4.78 is 9.90. The zero-order valence-corrected chi connectivity index (χ0v) is 8.85. The number of aromatic nitrogens is 2. The van der Waals surface area contributed by atoms with E-state index in [0.29, 0.717) is 28.4 Å². The first-order valence-electron chi connectivity index (χ1n) is 4.43. The first-order valence-corrected chi connectivity index (χ1v) is 4.81. The second-order valence-corrected chi connectivity index (χ2v) is 3.32. The minimum absolute atomic E-state index is 0.0983. The van der Waals surface area contributed by atoms with E-state index in [4.69, 9.17) is 16.3 Å². The van der Waals surface area contributed by atoms with Crippen molar-refractivity contribution in [2.75, 3.05) is 0 Å². The van der Waals surface area contributed by atoms with Crippen LogP contribution in [0.5, 0.6) is 5.75 Å². The molecule has 0 amide bonds. The van der Waals surface area contributed by atoms with Crippen LogP contribution >= 0.6 is 11.6 Å². The molecule has 16 heavy (non-hydrogen) atoms. The summed E-state index contributed by atoms with van der Waals surface area (Å²) in [5.74, 6) is 0.709.